The Labute approximate surface area is 161 Å². The van der Waals surface area contributed by atoms with Crippen LogP contribution in [0.4, 0.5) is 14.7 Å². The number of aromatic nitrogens is 2. The van der Waals surface area contributed by atoms with Gasteiger partial charge < -0.3 is 19.7 Å². The normalized spacial score (nSPS) is 17.0. The minimum atomic E-state index is -0.554. The van der Waals surface area contributed by atoms with Gasteiger partial charge in [-0.25, -0.2) is 19.6 Å². The molecule has 0 bridgehead atoms. The van der Waals surface area contributed by atoms with Gasteiger partial charge in [-0.15, -0.1) is 0 Å². The number of likely N-dealkylation sites (tertiary alicyclic amines) is 1. The maximum absolute atomic E-state index is 12.5. The third-order valence-electron chi connectivity index (χ3n) is 3.89. The molecule has 1 aliphatic heterocycles. The number of amides is 3. The van der Waals surface area contributed by atoms with Crippen LogP contribution in [0, 0.1) is 0 Å². The van der Waals surface area contributed by atoms with E-state index in [0.29, 0.717) is 40.7 Å². The summed E-state index contributed by atoms with van der Waals surface area (Å²) in [5.74, 6) is 0.611. The molecule has 3 rings (SSSR count). The number of methoxy groups -OCH3 is 1. The SMILES string of the molecule is COc1ccnc2sc(NC(=O)N3CC[C@@H](NC(=O)OC(C)(C)C)C3)nc12. The molecule has 0 unspecified atom stereocenters. The summed E-state index contributed by atoms with van der Waals surface area (Å²) in [6.45, 7) is 6.38. The standard InChI is InChI=1S/C17H23N5O4S/c1-17(2,3)26-16(24)19-10-6-8-22(9-10)15(23)21-14-20-12-11(25-4)5-7-18-13(12)27-14/h5,7,10H,6,8-9H2,1-4H3,(H,19,24)(H,20,21,23)/t10-/m1/s1. The van der Waals surface area contributed by atoms with E-state index in [-0.39, 0.29) is 12.1 Å². The summed E-state index contributed by atoms with van der Waals surface area (Å²) in [4.78, 5) is 35.3. The summed E-state index contributed by atoms with van der Waals surface area (Å²) >= 11 is 1.28. The van der Waals surface area contributed by atoms with Crippen LogP contribution in [0.15, 0.2) is 12.3 Å². The second-order valence-electron chi connectivity index (χ2n) is 7.19. The molecule has 0 aromatic carbocycles. The number of fused-ring (bicyclic) bond motifs is 1. The Morgan fingerprint density at radius 3 is 2.85 bits per heavy atom. The summed E-state index contributed by atoms with van der Waals surface area (Å²) in [7, 11) is 1.56. The van der Waals surface area contributed by atoms with Crippen molar-refractivity contribution in [2.75, 3.05) is 25.5 Å². The lowest BCUT2D eigenvalue weighted by Gasteiger charge is -2.22. The van der Waals surface area contributed by atoms with Gasteiger partial charge in [-0.2, -0.15) is 0 Å². The number of thiazole rings is 1. The summed E-state index contributed by atoms with van der Waals surface area (Å²) in [6, 6.07) is 1.32. The number of anilines is 1. The van der Waals surface area contributed by atoms with Gasteiger partial charge in [-0.3, -0.25) is 5.32 Å². The number of ether oxygens (including phenoxy) is 2. The first kappa shape index (κ1) is 19.2. The van der Waals surface area contributed by atoms with Gasteiger partial charge in [0.25, 0.3) is 0 Å². The van der Waals surface area contributed by atoms with Gasteiger partial charge in [-0.1, -0.05) is 11.3 Å². The molecule has 1 fully saturated rings. The molecule has 0 saturated carbocycles. The maximum atomic E-state index is 12.5. The lowest BCUT2D eigenvalue weighted by Crippen LogP contribution is -2.42. The van der Waals surface area contributed by atoms with Crippen LogP contribution in [0.3, 0.4) is 0 Å². The molecular weight excluding hydrogens is 370 g/mol. The number of hydrogen-bond donors (Lipinski definition) is 2. The number of urea groups is 1. The van der Waals surface area contributed by atoms with Gasteiger partial charge in [0.2, 0.25) is 0 Å². The number of rotatable bonds is 3. The molecule has 27 heavy (non-hydrogen) atoms. The van der Waals surface area contributed by atoms with Crippen molar-refractivity contribution in [3.63, 3.8) is 0 Å². The van der Waals surface area contributed by atoms with Gasteiger partial charge in [0.15, 0.2) is 5.13 Å². The molecule has 2 N–H and O–H groups in total. The van der Waals surface area contributed by atoms with Crippen molar-refractivity contribution in [2.24, 2.45) is 0 Å². The van der Waals surface area contributed by atoms with Gasteiger partial charge in [0.05, 0.1) is 13.2 Å². The van der Waals surface area contributed by atoms with E-state index in [1.165, 1.54) is 11.3 Å². The maximum Gasteiger partial charge on any atom is 0.407 e. The molecule has 0 aliphatic carbocycles. The fraction of sp³-hybridized carbons (Fsp3) is 0.529. The number of carbonyl (C=O) groups excluding carboxylic acids is 2. The Kier molecular flexibility index (Phi) is 5.36. The van der Waals surface area contributed by atoms with Crippen molar-refractivity contribution >= 4 is 38.9 Å². The second kappa shape index (κ2) is 7.55. The Bertz CT molecular complexity index is 847. The van der Waals surface area contributed by atoms with Crippen LogP contribution in [-0.2, 0) is 4.74 Å². The van der Waals surface area contributed by atoms with Gasteiger partial charge in [0.1, 0.15) is 21.7 Å². The van der Waals surface area contributed by atoms with Crippen molar-refractivity contribution < 1.29 is 19.1 Å². The van der Waals surface area contributed by atoms with Crippen LogP contribution >= 0.6 is 11.3 Å². The summed E-state index contributed by atoms with van der Waals surface area (Å²) in [5.41, 5.74) is 0.0630. The van der Waals surface area contributed by atoms with Gasteiger partial charge in [0, 0.05) is 25.4 Å². The number of nitrogens with zero attached hydrogens (tertiary/aromatic N) is 3. The molecule has 10 heteroatoms. The Hall–Kier alpha value is -2.62. The smallest absolute Gasteiger partial charge is 0.407 e. The minimum absolute atomic E-state index is 0.136. The number of carbonyl (C=O) groups is 2. The number of hydrogen-bond acceptors (Lipinski definition) is 7. The summed E-state index contributed by atoms with van der Waals surface area (Å²) in [6.07, 6.45) is 1.83. The zero-order valence-electron chi connectivity index (χ0n) is 15.7. The average Bonchev–Trinajstić information content (AvgIpc) is 3.18. The van der Waals surface area contributed by atoms with E-state index in [2.05, 4.69) is 20.6 Å². The molecule has 1 aliphatic rings. The Balaban J connectivity index is 1.57. The van der Waals surface area contributed by atoms with Crippen LogP contribution in [0.5, 0.6) is 5.75 Å². The van der Waals surface area contributed by atoms with Crippen molar-refractivity contribution in [3.8, 4) is 5.75 Å². The molecule has 146 valence electrons. The van der Waals surface area contributed by atoms with Crippen LogP contribution in [-0.4, -0.2) is 58.8 Å². The van der Waals surface area contributed by atoms with Crippen molar-refractivity contribution in [1.82, 2.24) is 20.2 Å². The Morgan fingerprint density at radius 2 is 2.15 bits per heavy atom. The fourth-order valence-electron chi connectivity index (χ4n) is 2.74. The molecule has 3 heterocycles. The second-order valence-corrected chi connectivity index (χ2v) is 8.17. The number of alkyl carbamates (subject to hydrolysis) is 1. The van der Waals surface area contributed by atoms with Crippen molar-refractivity contribution in [1.29, 1.82) is 0 Å². The average molecular weight is 393 g/mol. The zero-order chi connectivity index (χ0) is 19.6. The van der Waals surface area contributed by atoms with E-state index in [0.717, 1.165) is 0 Å². The van der Waals surface area contributed by atoms with Crippen molar-refractivity contribution in [2.45, 2.75) is 38.8 Å². The molecule has 3 amide bonds. The number of nitrogens with one attached hydrogen (secondary N) is 2. The third-order valence-corrected chi connectivity index (χ3v) is 4.77. The highest BCUT2D eigenvalue weighted by atomic mass is 32.1. The minimum Gasteiger partial charge on any atom is -0.494 e. The zero-order valence-corrected chi connectivity index (χ0v) is 16.6. The van der Waals surface area contributed by atoms with E-state index in [4.69, 9.17) is 9.47 Å². The summed E-state index contributed by atoms with van der Waals surface area (Å²) in [5, 5.41) is 6.04. The van der Waals surface area contributed by atoms with E-state index < -0.39 is 11.7 Å². The molecule has 0 radical (unpaired) electrons. The topological polar surface area (TPSA) is 106 Å². The highest BCUT2D eigenvalue weighted by Crippen LogP contribution is 2.30. The van der Waals surface area contributed by atoms with Crippen LogP contribution in [0.2, 0.25) is 0 Å². The first-order valence-electron chi connectivity index (χ1n) is 8.60. The molecule has 2 aromatic rings. The van der Waals surface area contributed by atoms with Gasteiger partial charge in [-0.05, 0) is 27.2 Å². The van der Waals surface area contributed by atoms with E-state index in [9.17, 15) is 9.59 Å². The largest absolute Gasteiger partial charge is 0.494 e. The van der Waals surface area contributed by atoms with E-state index in [1.54, 1.807) is 24.3 Å². The van der Waals surface area contributed by atoms with E-state index >= 15 is 0 Å². The monoisotopic (exact) mass is 393 g/mol. The van der Waals surface area contributed by atoms with E-state index in [1.807, 2.05) is 20.8 Å². The predicted octanol–water partition coefficient (Wildman–Crippen LogP) is 2.83. The molecule has 1 atom stereocenters. The predicted molar refractivity (Wildman–Crippen MR) is 102 cm³/mol. The molecule has 2 aromatic heterocycles. The van der Waals surface area contributed by atoms with Crippen LogP contribution < -0.4 is 15.4 Å². The molecule has 1 saturated heterocycles. The van der Waals surface area contributed by atoms with Crippen LogP contribution in [0.25, 0.3) is 10.3 Å². The lowest BCUT2D eigenvalue weighted by molar-refractivity contribution is 0.0506. The lowest BCUT2D eigenvalue weighted by atomic mass is 10.2. The first-order valence-corrected chi connectivity index (χ1v) is 9.42. The highest BCUT2D eigenvalue weighted by molar-refractivity contribution is 7.22. The van der Waals surface area contributed by atoms with Gasteiger partial charge >= 0.3 is 12.1 Å². The molecule has 9 nitrogen and oxygen atoms in total. The fourth-order valence-corrected chi connectivity index (χ4v) is 3.55. The van der Waals surface area contributed by atoms with Crippen LogP contribution in [0.1, 0.15) is 27.2 Å². The quantitative estimate of drug-likeness (QED) is 0.831. The molecular formula is C17H23N5O4S. The highest BCUT2D eigenvalue weighted by Gasteiger charge is 2.29. The number of pyridine rings is 1. The molecule has 0 spiro atoms. The summed E-state index contributed by atoms with van der Waals surface area (Å²) < 4.78 is 10.5. The Morgan fingerprint density at radius 1 is 1.37 bits per heavy atom. The first-order chi connectivity index (χ1) is 12.7. The van der Waals surface area contributed by atoms with Crippen molar-refractivity contribution in [3.05, 3.63) is 12.3 Å². The third kappa shape index (κ3) is 4.76.